The molecule has 0 saturated carbocycles. The van der Waals surface area contributed by atoms with Gasteiger partial charge in [0.25, 0.3) is 0 Å². The lowest BCUT2D eigenvalue weighted by molar-refractivity contribution is -0.140. The minimum absolute atomic E-state index is 0.0557. The first-order chi connectivity index (χ1) is 7.35. The lowest BCUT2D eigenvalue weighted by atomic mass is 10.1. The Bertz CT molecular complexity index is 234. The van der Waals surface area contributed by atoms with Crippen molar-refractivity contribution in [3.8, 4) is 0 Å². The van der Waals surface area contributed by atoms with E-state index in [1.54, 1.807) is 0 Å². The molecule has 0 aromatic rings. The fourth-order valence-electron chi connectivity index (χ4n) is 0.971. The van der Waals surface area contributed by atoms with E-state index >= 15 is 0 Å². The van der Waals surface area contributed by atoms with Crippen molar-refractivity contribution in [2.24, 2.45) is 0 Å². The Labute approximate surface area is 96.9 Å². The van der Waals surface area contributed by atoms with Gasteiger partial charge in [0.05, 0.1) is 13.7 Å². The average Bonchev–Trinajstić information content (AvgIpc) is 2.20. The molecule has 0 rings (SSSR count). The van der Waals surface area contributed by atoms with Gasteiger partial charge >= 0.3 is 5.97 Å². The van der Waals surface area contributed by atoms with Crippen molar-refractivity contribution in [2.75, 3.05) is 20.2 Å². The zero-order valence-electron chi connectivity index (χ0n) is 10.6. The van der Waals surface area contributed by atoms with Gasteiger partial charge in [-0.15, -0.1) is 0 Å². The minimum Gasteiger partial charge on any atom is -0.469 e. The van der Waals surface area contributed by atoms with E-state index in [0.717, 1.165) is 0 Å². The minimum atomic E-state index is -0.248. The zero-order chi connectivity index (χ0) is 12.6. The smallest absolute Gasteiger partial charge is 0.305 e. The van der Waals surface area contributed by atoms with Crippen molar-refractivity contribution in [2.45, 2.75) is 39.2 Å². The van der Waals surface area contributed by atoms with E-state index in [1.807, 2.05) is 20.8 Å². The van der Waals surface area contributed by atoms with E-state index in [-0.39, 0.29) is 17.4 Å². The van der Waals surface area contributed by atoms with Crippen molar-refractivity contribution in [1.29, 1.82) is 0 Å². The fourth-order valence-corrected chi connectivity index (χ4v) is 0.971. The summed E-state index contributed by atoms with van der Waals surface area (Å²) in [4.78, 5) is 22.1. The Morgan fingerprint density at radius 1 is 1.25 bits per heavy atom. The zero-order valence-corrected chi connectivity index (χ0v) is 10.6. The summed E-state index contributed by atoms with van der Waals surface area (Å²) < 4.78 is 4.49. The molecule has 0 aliphatic carbocycles. The molecule has 0 saturated heterocycles. The first-order valence-electron chi connectivity index (χ1n) is 5.43. The lowest BCUT2D eigenvalue weighted by Crippen LogP contribution is -2.43. The highest BCUT2D eigenvalue weighted by Crippen LogP contribution is 1.96. The number of carbonyl (C=O) groups excluding carboxylic acids is 2. The second-order valence-corrected chi connectivity index (χ2v) is 4.63. The predicted octanol–water partition coefficient (Wildman–Crippen LogP) is 0.444. The topological polar surface area (TPSA) is 67.4 Å². The van der Waals surface area contributed by atoms with E-state index in [2.05, 4.69) is 15.4 Å². The molecule has 1 amide bonds. The highest BCUT2D eigenvalue weighted by molar-refractivity contribution is 5.78. The van der Waals surface area contributed by atoms with E-state index in [9.17, 15) is 9.59 Å². The van der Waals surface area contributed by atoms with Crippen LogP contribution in [-0.4, -0.2) is 37.6 Å². The lowest BCUT2D eigenvalue weighted by Gasteiger charge is -2.19. The predicted molar refractivity (Wildman–Crippen MR) is 62.0 cm³/mol. The Morgan fingerprint density at radius 3 is 2.38 bits per heavy atom. The summed E-state index contributed by atoms with van der Waals surface area (Å²) in [7, 11) is 1.36. The van der Waals surface area contributed by atoms with Gasteiger partial charge in [-0.3, -0.25) is 9.59 Å². The standard InChI is InChI=1S/C11H22N2O3/c1-11(2,3)13-8-9(14)12-7-5-6-10(15)16-4/h13H,5-8H2,1-4H3,(H,12,14). The van der Waals surface area contributed by atoms with Gasteiger partial charge in [0, 0.05) is 18.5 Å². The van der Waals surface area contributed by atoms with Crippen LogP contribution in [0.5, 0.6) is 0 Å². The van der Waals surface area contributed by atoms with Gasteiger partial charge < -0.3 is 15.4 Å². The van der Waals surface area contributed by atoms with Gasteiger partial charge in [-0.05, 0) is 27.2 Å². The van der Waals surface area contributed by atoms with E-state index in [1.165, 1.54) is 7.11 Å². The molecule has 5 heteroatoms. The fraction of sp³-hybridized carbons (Fsp3) is 0.818. The van der Waals surface area contributed by atoms with Gasteiger partial charge in [0.15, 0.2) is 0 Å². The summed E-state index contributed by atoms with van der Waals surface area (Å²) in [6, 6.07) is 0. The largest absolute Gasteiger partial charge is 0.469 e. The molecular formula is C11H22N2O3. The third kappa shape index (κ3) is 9.45. The molecule has 94 valence electrons. The van der Waals surface area contributed by atoms with Gasteiger partial charge in [-0.2, -0.15) is 0 Å². The van der Waals surface area contributed by atoms with Gasteiger partial charge in [-0.25, -0.2) is 0 Å². The van der Waals surface area contributed by atoms with Crippen LogP contribution in [-0.2, 0) is 14.3 Å². The molecule has 0 bridgehead atoms. The summed E-state index contributed by atoms with van der Waals surface area (Å²) in [5.74, 6) is -0.304. The molecule has 0 aliphatic heterocycles. The molecule has 0 aromatic carbocycles. The van der Waals surface area contributed by atoms with E-state index in [4.69, 9.17) is 0 Å². The van der Waals surface area contributed by atoms with Gasteiger partial charge in [-0.1, -0.05) is 0 Å². The quantitative estimate of drug-likeness (QED) is 0.513. The monoisotopic (exact) mass is 230 g/mol. The molecular weight excluding hydrogens is 208 g/mol. The van der Waals surface area contributed by atoms with Crippen LogP contribution in [0.15, 0.2) is 0 Å². The second-order valence-electron chi connectivity index (χ2n) is 4.63. The van der Waals surface area contributed by atoms with Crippen LogP contribution in [0, 0.1) is 0 Å². The van der Waals surface area contributed by atoms with Crippen molar-refractivity contribution >= 4 is 11.9 Å². The van der Waals surface area contributed by atoms with E-state index in [0.29, 0.717) is 25.9 Å². The Morgan fingerprint density at radius 2 is 1.88 bits per heavy atom. The van der Waals surface area contributed by atoms with E-state index < -0.39 is 0 Å². The molecule has 0 spiro atoms. The Kier molecular flexibility index (Phi) is 6.72. The Balaban J connectivity index is 3.48. The van der Waals surface area contributed by atoms with Crippen molar-refractivity contribution in [3.63, 3.8) is 0 Å². The number of hydrogen-bond donors (Lipinski definition) is 2. The normalized spacial score (nSPS) is 11.0. The molecule has 0 radical (unpaired) electrons. The average molecular weight is 230 g/mol. The van der Waals surface area contributed by atoms with Crippen LogP contribution < -0.4 is 10.6 Å². The van der Waals surface area contributed by atoms with Crippen molar-refractivity contribution < 1.29 is 14.3 Å². The maximum absolute atomic E-state index is 11.3. The van der Waals surface area contributed by atoms with Crippen LogP contribution in [0.2, 0.25) is 0 Å². The third-order valence-electron chi connectivity index (χ3n) is 1.89. The summed E-state index contributed by atoms with van der Waals surface area (Å²) in [6.45, 7) is 6.79. The summed E-state index contributed by atoms with van der Waals surface area (Å²) >= 11 is 0. The number of carbonyl (C=O) groups is 2. The van der Waals surface area contributed by atoms with Crippen molar-refractivity contribution in [1.82, 2.24) is 10.6 Å². The number of methoxy groups -OCH3 is 1. The number of rotatable bonds is 6. The molecule has 5 nitrogen and oxygen atoms in total. The summed E-state index contributed by atoms with van der Waals surface area (Å²) in [5, 5.41) is 5.80. The van der Waals surface area contributed by atoms with Crippen LogP contribution >= 0.6 is 0 Å². The number of hydrogen-bond acceptors (Lipinski definition) is 4. The summed E-state index contributed by atoms with van der Waals surface area (Å²) in [5.41, 5.74) is -0.0661. The number of nitrogens with one attached hydrogen (secondary N) is 2. The third-order valence-corrected chi connectivity index (χ3v) is 1.89. The first kappa shape index (κ1) is 14.9. The molecule has 0 aromatic heterocycles. The van der Waals surface area contributed by atoms with Crippen LogP contribution in [0.3, 0.4) is 0 Å². The van der Waals surface area contributed by atoms with Crippen LogP contribution in [0.1, 0.15) is 33.6 Å². The highest BCUT2D eigenvalue weighted by Gasteiger charge is 2.10. The molecule has 0 atom stereocenters. The molecule has 0 fully saturated rings. The molecule has 0 unspecified atom stereocenters. The van der Waals surface area contributed by atoms with Crippen molar-refractivity contribution in [3.05, 3.63) is 0 Å². The maximum atomic E-state index is 11.3. The highest BCUT2D eigenvalue weighted by atomic mass is 16.5. The van der Waals surface area contributed by atoms with Crippen LogP contribution in [0.4, 0.5) is 0 Å². The first-order valence-corrected chi connectivity index (χ1v) is 5.43. The maximum Gasteiger partial charge on any atom is 0.305 e. The SMILES string of the molecule is COC(=O)CCCNC(=O)CNC(C)(C)C. The number of ether oxygens (including phenoxy) is 1. The molecule has 2 N–H and O–H groups in total. The van der Waals surface area contributed by atoms with Gasteiger partial charge in [0.1, 0.15) is 0 Å². The second kappa shape index (κ2) is 7.22. The Hall–Kier alpha value is -1.10. The van der Waals surface area contributed by atoms with Gasteiger partial charge in [0.2, 0.25) is 5.91 Å². The number of esters is 1. The molecule has 0 aliphatic rings. The molecule has 16 heavy (non-hydrogen) atoms. The number of amides is 1. The summed E-state index contributed by atoms with van der Waals surface area (Å²) in [6.07, 6.45) is 0.942. The van der Waals surface area contributed by atoms with Crippen LogP contribution in [0.25, 0.3) is 0 Å². The molecule has 0 heterocycles.